The molecule has 124 valence electrons. The molecule has 0 spiro atoms. The van der Waals surface area contributed by atoms with Crippen LogP contribution in [0.2, 0.25) is 0 Å². The van der Waals surface area contributed by atoms with Crippen molar-refractivity contribution in [3.63, 3.8) is 0 Å². The van der Waals surface area contributed by atoms with Crippen molar-refractivity contribution < 1.29 is 37.2 Å². The summed E-state index contributed by atoms with van der Waals surface area (Å²) in [6.45, 7) is 1.17. The molecule has 21 heavy (non-hydrogen) atoms. The summed E-state index contributed by atoms with van der Waals surface area (Å²) in [6.07, 6.45) is 4.07. The van der Waals surface area contributed by atoms with E-state index in [2.05, 4.69) is 0 Å². The standard InChI is InChI=1S/2C6H14N2O2.Cr/c2*7-4-2-1-3-5(8)6(9)10;/h2*5H,1-4,7-8H2,(H,9,10);/q;;+2/p-2. The number of aliphatic carboxylic acids is 2. The van der Waals surface area contributed by atoms with Crippen molar-refractivity contribution in [3.8, 4) is 0 Å². The molecule has 0 aliphatic rings. The number of hydrogen-bond acceptors (Lipinski definition) is 8. The maximum absolute atomic E-state index is 10.0. The molecule has 0 aromatic carbocycles. The van der Waals surface area contributed by atoms with Gasteiger partial charge in [-0.25, -0.2) is 0 Å². The van der Waals surface area contributed by atoms with Gasteiger partial charge in [-0.3, -0.25) is 0 Å². The number of carbonyl (C=O) groups excluding carboxylic acids is 2. The average molecular weight is 342 g/mol. The monoisotopic (exact) mass is 342 g/mol. The van der Waals surface area contributed by atoms with Crippen LogP contribution in [0.3, 0.4) is 0 Å². The van der Waals surface area contributed by atoms with Crippen molar-refractivity contribution in [3.05, 3.63) is 0 Å². The third-order valence-electron chi connectivity index (χ3n) is 2.54. The van der Waals surface area contributed by atoms with Gasteiger partial charge >= 0.3 is 17.4 Å². The fourth-order valence-corrected chi connectivity index (χ4v) is 1.25. The zero-order chi connectivity index (χ0) is 16.0. The van der Waals surface area contributed by atoms with E-state index in [0.717, 1.165) is 25.7 Å². The van der Waals surface area contributed by atoms with Gasteiger partial charge in [0.2, 0.25) is 0 Å². The second-order valence-electron chi connectivity index (χ2n) is 4.42. The first-order valence-corrected chi connectivity index (χ1v) is 6.69. The number of unbranched alkanes of at least 4 members (excludes halogenated alkanes) is 2. The van der Waals surface area contributed by atoms with Gasteiger partial charge in [0.1, 0.15) is 0 Å². The van der Waals surface area contributed by atoms with Crippen LogP contribution >= 0.6 is 0 Å². The van der Waals surface area contributed by atoms with E-state index in [1.165, 1.54) is 0 Å². The predicted octanol–water partition coefficient (Wildman–Crippen LogP) is -3.62. The number of hydrogen-bond donors (Lipinski definition) is 4. The third-order valence-corrected chi connectivity index (χ3v) is 2.54. The molecule has 0 aromatic heterocycles. The number of nitrogens with two attached hydrogens (primary N) is 4. The Morgan fingerprint density at radius 1 is 0.762 bits per heavy atom. The van der Waals surface area contributed by atoms with Gasteiger partial charge in [0.05, 0.1) is 11.9 Å². The first-order valence-electron chi connectivity index (χ1n) is 6.69. The molecule has 8 nitrogen and oxygen atoms in total. The summed E-state index contributed by atoms with van der Waals surface area (Å²) >= 11 is 0. The van der Waals surface area contributed by atoms with E-state index in [1.807, 2.05) is 0 Å². The Morgan fingerprint density at radius 2 is 1.05 bits per heavy atom. The van der Waals surface area contributed by atoms with Crippen LogP contribution in [0.1, 0.15) is 38.5 Å². The molecule has 0 rings (SSSR count). The topological polar surface area (TPSA) is 184 Å². The molecule has 2 atom stereocenters. The number of carboxylic acids is 2. The predicted molar refractivity (Wildman–Crippen MR) is 71.8 cm³/mol. The van der Waals surface area contributed by atoms with Gasteiger partial charge in [-0.05, 0) is 38.8 Å². The molecule has 0 heterocycles. The molecule has 8 N–H and O–H groups in total. The van der Waals surface area contributed by atoms with Crippen molar-refractivity contribution in [2.24, 2.45) is 22.9 Å². The van der Waals surface area contributed by atoms with Gasteiger partial charge in [0.15, 0.2) is 0 Å². The minimum atomic E-state index is -1.18. The van der Waals surface area contributed by atoms with Crippen LogP contribution in [-0.4, -0.2) is 37.1 Å². The maximum atomic E-state index is 10.0. The van der Waals surface area contributed by atoms with Crippen molar-refractivity contribution in [1.29, 1.82) is 0 Å². The molecule has 0 saturated carbocycles. The zero-order valence-electron chi connectivity index (χ0n) is 12.2. The van der Waals surface area contributed by atoms with Crippen molar-refractivity contribution in [2.75, 3.05) is 13.1 Å². The van der Waals surface area contributed by atoms with Gasteiger partial charge in [0, 0.05) is 12.1 Å². The molecule has 0 bridgehead atoms. The fourth-order valence-electron chi connectivity index (χ4n) is 1.25. The summed E-state index contributed by atoms with van der Waals surface area (Å²) < 4.78 is 0. The van der Waals surface area contributed by atoms with Crippen LogP contribution in [-0.2, 0) is 27.0 Å². The summed E-state index contributed by atoms with van der Waals surface area (Å²) in [6, 6.07) is -1.65. The van der Waals surface area contributed by atoms with Crippen LogP contribution in [0.15, 0.2) is 0 Å². The molecule has 0 aliphatic carbocycles. The molecule has 2 unspecified atom stereocenters. The van der Waals surface area contributed by atoms with E-state index in [1.54, 1.807) is 0 Å². The second kappa shape index (κ2) is 17.4. The van der Waals surface area contributed by atoms with E-state index >= 15 is 0 Å². The summed E-state index contributed by atoms with van der Waals surface area (Å²) in [4.78, 5) is 20.1. The number of rotatable bonds is 10. The maximum Gasteiger partial charge on any atom is 2.00 e. The fraction of sp³-hybridized carbons (Fsp3) is 0.833. The SMILES string of the molecule is NCCCCC(N)C(=O)[O-].NCCCCC(N)C(=O)[O-].[Cr+2]. The summed E-state index contributed by atoms with van der Waals surface area (Å²) in [5, 5.41) is 20.1. The van der Waals surface area contributed by atoms with E-state index in [0.29, 0.717) is 25.9 Å². The summed E-state index contributed by atoms with van der Waals surface area (Å²) in [5.41, 5.74) is 20.7. The van der Waals surface area contributed by atoms with Gasteiger partial charge in [0.25, 0.3) is 0 Å². The first kappa shape index (κ1) is 25.3. The minimum Gasteiger partial charge on any atom is -0.548 e. The minimum absolute atomic E-state index is 0. The van der Waals surface area contributed by atoms with E-state index in [9.17, 15) is 19.8 Å². The van der Waals surface area contributed by atoms with Gasteiger partial charge in [-0.1, -0.05) is 12.8 Å². The molecule has 0 aromatic rings. The molecule has 0 saturated heterocycles. The van der Waals surface area contributed by atoms with Crippen molar-refractivity contribution in [1.82, 2.24) is 0 Å². The van der Waals surface area contributed by atoms with Gasteiger partial charge in [-0.15, -0.1) is 0 Å². The summed E-state index contributed by atoms with van der Waals surface area (Å²) in [7, 11) is 0. The molecular weight excluding hydrogens is 316 g/mol. The normalized spacial score (nSPS) is 12.4. The van der Waals surface area contributed by atoms with E-state index in [-0.39, 0.29) is 17.4 Å². The molecule has 0 radical (unpaired) electrons. The van der Waals surface area contributed by atoms with Crippen LogP contribution in [0, 0.1) is 0 Å². The molecule has 0 fully saturated rings. The Balaban J connectivity index is -0.000000295. The Hall–Kier alpha value is -0.688. The van der Waals surface area contributed by atoms with Crippen molar-refractivity contribution >= 4 is 11.9 Å². The average Bonchev–Trinajstić information content (AvgIpc) is 2.39. The number of carboxylic acid groups (broad SMARTS) is 2. The quantitative estimate of drug-likeness (QED) is 0.293. The molecule has 0 aliphatic heterocycles. The van der Waals surface area contributed by atoms with Crippen LogP contribution in [0.4, 0.5) is 0 Å². The second-order valence-corrected chi connectivity index (χ2v) is 4.42. The Kier molecular flexibility index (Phi) is 20.9. The largest absolute Gasteiger partial charge is 2.00 e. The van der Waals surface area contributed by atoms with Crippen LogP contribution in [0.25, 0.3) is 0 Å². The van der Waals surface area contributed by atoms with Gasteiger partial charge in [-0.2, -0.15) is 0 Å². The molecular formula is C12H26CrN4O4. The zero-order valence-corrected chi connectivity index (χ0v) is 13.4. The Morgan fingerprint density at radius 3 is 1.24 bits per heavy atom. The van der Waals surface area contributed by atoms with Gasteiger partial charge < -0.3 is 42.7 Å². The molecule has 9 heteroatoms. The summed E-state index contributed by atoms with van der Waals surface area (Å²) in [5.74, 6) is -2.37. The van der Waals surface area contributed by atoms with Crippen molar-refractivity contribution in [2.45, 2.75) is 50.6 Å². The van der Waals surface area contributed by atoms with Crippen LogP contribution in [0.5, 0.6) is 0 Å². The Bertz CT molecular complexity index is 244. The van der Waals surface area contributed by atoms with Crippen LogP contribution < -0.4 is 33.1 Å². The van der Waals surface area contributed by atoms with E-state index in [4.69, 9.17) is 22.9 Å². The Labute approximate surface area is 136 Å². The smallest absolute Gasteiger partial charge is 0.548 e. The van der Waals surface area contributed by atoms with E-state index < -0.39 is 24.0 Å². The number of carbonyl (C=O) groups is 2. The third kappa shape index (κ3) is 19.3. The first-order chi connectivity index (χ1) is 9.36. The molecule has 0 amide bonds.